The van der Waals surface area contributed by atoms with Crippen LogP contribution in [0.3, 0.4) is 0 Å². The predicted octanol–water partition coefficient (Wildman–Crippen LogP) is 2.31. The van der Waals surface area contributed by atoms with Crippen molar-refractivity contribution in [2.75, 3.05) is 26.0 Å². The van der Waals surface area contributed by atoms with Crippen LogP contribution in [0.5, 0.6) is 0 Å². The molecule has 1 aromatic rings. The molecule has 5 heteroatoms. The fourth-order valence-corrected chi connectivity index (χ4v) is 1.49. The minimum atomic E-state index is -0.256. The number of amides is 3. The molecule has 3 amide bonds. The average molecular weight is 263 g/mol. The molecule has 0 saturated carbocycles. The molecule has 0 saturated heterocycles. The molecule has 0 aliphatic carbocycles. The van der Waals surface area contributed by atoms with Crippen LogP contribution in [0.4, 0.5) is 10.5 Å². The number of carbonyl (C=O) groups excluding carboxylic acids is 2. The largest absolute Gasteiger partial charge is 0.352 e. The average Bonchev–Trinajstić information content (AvgIpc) is 2.39. The van der Waals surface area contributed by atoms with Gasteiger partial charge < -0.3 is 15.5 Å². The third-order valence-corrected chi connectivity index (χ3v) is 2.64. The third kappa shape index (κ3) is 4.62. The molecule has 0 spiro atoms. The van der Waals surface area contributed by atoms with Crippen molar-refractivity contribution in [3.05, 3.63) is 29.8 Å². The van der Waals surface area contributed by atoms with E-state index in [0.29, 0.717) is 17.8 Å². The van der Waals surface area contributed by atoms with Crippen molar-refractivity contribution in [3.63, 3.8) is 0 Å². The quantitative estimate of drug-likeness (QED) is 0.801. The van der Waals surface area contributed by atoms with Crippen LogP contribution in [0.15, 0.2) is 24.3 Å². The number of nitrogens with zero attached hydrogens (tertiary/aromatic N) is 1. The van der Waals surface area contributed by atoms with E-state index in [2.05, 4.69) is 17.6 Å². The summed E-state index contributed by atoms with van der Waals surface area (Å²) < 4.78 is 0. The molecule has 0 atom stereocenters. The van der Waals surface area contributed by atoms with Crippen LogP contribution < -0.4 is 10.6 Å². The number of hydrogen-bond donors (Lipinski definition) is 2. The molecular weight excluding hydrogens is 242 g/mol. The molecule has 0 aromatic heterocycles. The highest BCUT2D eigenvalue weighted by atomic mass is 16.2. The fraction of sp³-hybridized carbons (Fsp3) is 0.429. The normalized spacial score (nSPS) is 9.84. The minimum absolute atomic E-state index is 0.164. The molecule has 0 aliphatic rings. The van der Waals surface area contributed by atoms with Crippen molar-refractivity contribution in [1.29, 1.82) is 0 Å². The molecule has 1 aromatic carbocycles. The molecule has 0 aliphatic heterocycles. The molecule has 19 heavy (non-hydrogen) atoms. The SMILES string of the molecule is CCCCNC(=O)c1ccccc1NC(=O)N(C)C. The van der Waals surface area contributed by atoms with Gasteiger partial charge in [0.15, 0.2) is 0 Å². The van der Waals surface area contributed by atoms with Gasteiger partial charge in [-0.25, -0.2) is 4.79 Å². The number of unbranched alkanes of at least 4 members (excludes halogenated alkanes) is 1. The smallest absolute Gasteiger partial charge is 0.321 e. The van der Waals surface area contributed by atoms with Gasteiger partial charge in [-0.15, -0.1) is 0 Å². The van der Waals surface area contributed by atoms with Gasteiger partial charge in [0, 0.05) is 20.6 Å². The molecule has 0 radical (unpaired) electrons. The van der Waals surface area contributed by atoms with Gasteiger partial charge in [-0.1, -0.05) is 25.5 Å². The van der Waals surface area contributed by atoms with Crippen LogP contribution in [-0.4, -0.2) is 37.5 Å². The predicted molar refractivity (Wildman–Crippen MR) is 76.4 cm³/mol. The van der Waals surface area contributed by atoms with Crippen LogP contribution in [0.2, 0.25) is 0 Å². The summed E-state index contributed by atoms with van der Waals surface area (Å²) in [5.74, 6) is -0.164. The molecule has 0 heterocycles. The first-order valence-corrected chi connectivity index (χ1v) is 6.41. The van der Waals surface area contributed by atoms with Crippen LogP contribution in [0, 0.1) is 0 Å². The van der Waals surface area contributed by atoms with E-state index in [1.54, 1.807) is 38.4 Å². The Morgan fingerprint density at radius 3 is 2.53 bits per heavy atom. The number of nitrogens with one attached hydrogen (secondary N) is 2. The zero-order chi connectivity index (χ0) is 14.3. The Hall–Kier alpha value is -2.04. The van der Waals surface area contributed by atoms with E-state index in [9.17, 15) is 9.59 Å². The molecule has 5 nitrogen and oxygen atoms in total. The molecular formula is C14H21N3O2. The number of anilines is 1. The Balaban J connectivity index is 2.77. The lowest BCUT2D eigenvalue weighted by Crippen LogP contribution is -2.30. The number of benzene rings is 1. The van der Waals surface area contributed by atoms with Gasteiger partial charge in [-0.3, -0.25) is 4.79 Å². The first kappa shape index (κ1) is 15.0. The van der Waals surface area contributed by atoms with Crippen molar-refractivity contribution < 1.29 is 9.59 Å². The zero-order valence-electron chi connectivity index (χ0n) is 11.7. The van der Waals surface area contributed by atoms with Gasteiger partial charge >= 0.3 is 6.03 Å². The first-order chi connectivity index (χ1) is 9.06. The summed E-state index contributed by atoms with van der Waals surface area (Å²) >= 11 is 0. The number of hydrogen-bond acceptors (Lipinski definition) is 2. The third-order valence-electron chi connectivity index (χ3n) is 2.64. The monoisotopic (exact) mass is 263 g/mol. The summed E-state index contributed by atoms with van der Waals surface area (Å²) in [7, 11) is 3.30. The van der Waals surface area contributed by atoms with Gasteiger partial charge in [0.2, 0.25) is 0 Å². The van der Waals surface area contributed by atoms with E-state index < -0.39 is 0 Å². The van der Waals surface area contributed by atoms with Crippen molar-refractivity contribution in [1.82, 2.24) is 10.2 Å². The summed E-state index contributed by atoms with van der Waals surface area (Å²) in [6.07, 6.45) is 1.97. The second-order valence-electron chi connectivity index (χ2n) is 4.48. The van der Waals surface area contributed by atoms with Gasteiger partial charge in [0.1, 0.15) is 0 Å². The van der Waals surface area contributed by atoms with E-state index in [-0.39, 0.29) is 11.9 Å². The number of carbonyl (C=O) groups is 2. The lowest BCUT2D eigenvalue weighted by Gasteiger charge is -2.14. The molecule has 0 unspecified atom stereocenters. The van der Waals surface area contributed by atoms with Gasteiger partial charge in [-0.2, -0.15) is 0 Å². The van der Waals surface area contributed by atoms with E-state index >= 15 is 0 Å². The first-order valence-electron chi connectivity index (χ1n) is 6.41. The minimum Gasteiger partial charge on any atom is -0.352 e. The maximum Gasteiger partial charge on any atom is 0.321 e. The second-order valence-corrected chi connectivity index (χ2v) is 4.48. The Labute approximate surface area is 114 Å². The summed E-state index contributed by atoms with van der Waals surface area (Å²) in [5, 5.41) is 5.55. The molecule has 104 valence electrons. The topological polar surface area (TPSA) is 61.4 Å². The second kappa shape index (κ2) is 7.41. The van der Waals surface area contributed by atoms with Crippen LogP contribution in [0.25, 0.3) is 0 Å². The summed E-state index contributed by atoms with van der Waals surface area (Å²) in [5.41, 5.74) is 1.00. The Bertz CT molecular complexity index is 444. The standard InChI is InChI=1S/C14H21N3O2/c1-4-5-10-15-13(18)11-8-6-7-9-12(11)16-14(19)17(2)3/h6-9H,4-5,10H2,1-3H3,(H,15,18)(H,16,19). The molecule has 0 fully saturated rings. The van der Waals surface area contributed by atoms with E-state index in [4.69, 9.17) is 0 Å². The zero-order valence-corrected chi connectivity index (χ0v) is 11.7. The summed E-state index contributed by atoms with van der Waals surface area (Å²) in [6, 6.07) is 6.73. The number of para-hydroxylation sites is 1. The van der Waals surface area contributed by atoms with Crippen molar-refractivity contribution in [2.45, 2.75) is 19.8 Å². The Morgan fingerprint density at radius 1 is 1.21 bits per heavy atom. The van der Waals surface area contributed by atoms with Crippen LogP contribution in [0.1, 0.15) is 30.1 Å². The van der Waals surface area contributed by atoms with E-state index in [1.165, 1.54) is 4.90 Å². The number of urea groups is 1. The van der Waals surface area contributed by atoms with E-state index in [1.807, 2.05) is 0 Å². The van der Waals surface area contributed by atoms with Crippen LogP contribution >= 0.6 is 0 Å². The van der Waals surface area contributed by atoms with Gasteiger partial charge in [-0.05, 0) is 18.6 Å². The molecule has 1 rings (SSSR count). The van der Waals surface area contributed by atoms with Crippen molar-refractivity contribution >= 4 is 17.6 Å². The van der Waals surface area contributed by atoms with Gasteiger partial charge in [0.05, 0.1) is 11.3 Å². The van der Waals surface area contributed by atoms with Gasteiger partial charge in [0.25, 0.3) is 5.91 Å². The maximum absolute atomic E-state index is 12.0. The molecule has 2 N–H and O–H groups in total. The lowest BCUT2D eigenvalue weighted by atomic mass is 10.1. The Kier molecular flexibility index (Phi) is 5.85. The highest BCUT2D eigenvalue weighted by Crippen LogP contribution is 2.15. The highest BCUT2D eigenvalue weighted by molar-refractivity contribution is 6.03. The Morgan fingerprint density at radius 2 is 1.89 bits per heavy atom. The lowest BCUT2D eigenvalue weighted by molar-refractivity contribution is 0.0954. The van der Waals surface area contributed by atoms with Crippen molar-refractivity contribution in [2.24, 2.45) is 0 Å². The number of rotatable bonds is 5. The maximum atomic E-state index is 12.0. The summed E-state index contributed by atoms with van der Waals surface area (Å²) in [4.78, 5) is 25.1. The molecule has 0 bridgehead atoms. The van der Waals surface area contributed by atoms with Crippen molar-refractivity contribution in [3.8, 4) is 0 Å². The fourth-order valence-electron chi connectivity index (χ4n) is 1.49. The summed E-state index contributed by atoms with van der Waals surface area (Å²) in [6.45, 7) is 2.71. The van der Waals surface area contributed by atoms with Crippen LogP contribution in [-0.2, 0) is 0 Å². The highest BCUT2D eigenvalue weighted by Gasteiger charge is 2.13. The van der Waals surface area contributed by atoms with E-state index in [0.717, 1.165) is 12.8 Å².